The van der Waals surface area contributed by atoms with Gasteiger partial charge in [0, 0.05) is 18.1 Å². The third-order valence-corrected chi connectivity index (χ3v) is 3.92. The number of hydrogen-bond acceptors (Lipinski definition) is 4. The number of carbonyl (C=O) groups is 1. The Morgan fingerprint density at radius 2 is 1.78 bits per heavy atom. The smallest absolute Gasteiger partial charge is 0.265 e. The summed E-state index contributed by atoms with van der Waals surface area (Å²) in [5.74, 6) is 0.397. The Bertz CT molecular complexity index is 885. The Balaban J connectivity index is 1.78. The van der Waals surface area contributed by atoms with Gasteiger partial charge in [0.25, 0.3) is 5.91 Å². The number of nitrogens with zero attached hydrogens (tertiary/aromatic N) is 2. The summed E-state index contributed by atoms with van der Waals surface area (Å²) in [5, 5.41) is 0. The van der Waals surface area contributed by atoms with Gasteiger partial charge in [0.05, 0.1) is 13.7 Å². The Hall–Kier alpha value is -3.41. The zero-order chi connectivity index (χ0) is 19.1. The van der Waals surface area contributed by atoms with E-state index in [1.807, 2.05) is 12.1 Å². The van der Waals surface area contributed by atoms with E-state index in [2.05, 4.69) is 4.98 Å². The molecule has 6 heteroatoms. The molecule has 1 heterocycles. The first-order valence-electron chi connectivity index (χ1n) is 8.38. The SMILES string of the molecule is COc1ccccc1OCC(=O)N(Cc1cccnc1)c1ccc(F)cc1. The molecule has 27 heavy (non-hydrogen) atoms. The fraction of sp³-hybridized carbons (Fsp3) is 0.143. The molecule has 0 N–H and O–H groups in total. The highest BCUT2D eigenvalue weighted by Gasteiger charge is 2.18. The van der Waals surface area contributed by atoms with Crippen LogP contribution in [0.2, 0.25) is 0 Å². The second kappa shape index (κ2) is 8.80. The first-order chi connectivity index (χ1) is 13.2. The van der Waals surface area contributed by atoms with Crippen LogP contribution in [-0.4, -0.2) is 24.6 Å². The minimum atomic E-state index is -0.363. The van der Waals surface area contributed by atoms with E-state index >= 15 is 0 Å². The summed E-state index contributed by atoms with van der Waals surface area (Å²) >= 11 is 0. The maximum atomic E-state index is 13.3. The first-order valence-corrected chi connectivity index (χ1v) is 8.38. The summed E-state index contributed by atoms with van der Waals surface area (Å²) in [5.41, 5.74) is 1.43. The Labute approximate surface area is 157 Å². The quantitative estimate of drug-likeness (QED) is 0.637. The summed E-state index contributed by atoms with van der Waals surface area (Å²) in [6.07, 6.45) is 3.35. The largest absolute Gasteiger partial charge is 0.493 e. The number of halogens is 1. The van der Waals surface area contributed by atoms with Gasteiger partial charge in [-0.25, -0.2) is 4.39 Å². The number of hydrogen-bond donors (Lipinski definition) is 0. The molecule has 0 bridgehead atoms. The molecule has 0 aliphatic carbocycles. The fourth-order valence-electron chi connectivity index (χ4n) is 2.57. The van der Waals surface area contributed by atoms with Crippen molar-refractivity contribution in [3.05, 3.63) is 84.4 Å². The van der Waals surface area contributed by atoms with Crippen LogP contribution in [0.25, 0.3) is 0 Å². The van der Waals surface area contributed by atoms with Crippen molar-refractivity contribution in [3.63, 3.8) is 0 Å². The lowest BCUT2D eigenvalue weighted by atomic mass is 10.2. The topological polar surface area (TPSA) is 51.7 Å². The molecular weight excluding hydrogens is 347 g/mol. The summed E-state index contributed by atoms with van der Waals surface area (Å²) in [4.78, 5) is 18.5. The molecule has 0 atom stereocenters. The fourth-order valence-corrected chi connectivity index (χ4v) is 2.57. The number of benzene rings is 2. The van der Waals surface area contributed by atoms with Gasteiger partial charge in [0.15, 0.2) is 18.1 Å². The third-order valence-electron chi connectivity index (χ3n) is 3.92. The summed E-state index contributed by atoms with van der Waals surface area (Å²) in [6, 6.07) is 16.5. The van der Waals surface area contributed by atoms with Gasteiger partial charge in [0.2, 0.25) is 0 Å². The van der Waals surface area contributed by atoms with Crippen LogP contribution in [-0.2, 0) is 11.3 Å². The van der Waals surface area contributed by atoms with Crippen LogP contribution in [0.15, 0.2) is 73.1 Å². The van der Waals surface area contributed by atoms with Crippen LogP contribution >= 0.6 is 0 Å². The maximum absolute atomic E-state index is 13.3. The van der Waals surface area contributed by atoms with Crippen molar-refractivity contribution in [2.75, 3.05) is 18.6 Å². The Kier molecular flexibility index (Phi) is 5.99. The van der Waals surface area contributed by atoms with E-state index in [-0.39, 0.29) is 18.3 Å². The molecule has 0 spiro atoms. The minimum Gasteiger partial charge on any atom is -0.493 e. The zero-order valence-corrected chi connectivity index (χ0v) is 14.8. The van der Waals surface area contributed by atoms with Crippen molar-refractivity contribution in [1.82, 2.24) is 4.98 Å². The van der Waals surface area contributed by atoms with Crippen LogP contribution in [0.3, 0.4) is 0 Å². The number of anilines is 1. The minimum absolute atomic E-state index is 0.183. The van der Waals surface area contributed by atoms with Crippen LogP contribution < -0.4 is 14.4 Å². The van der Waals surface area contributed by atoms with E-state index in [4.69, 9.17) is 9.47 Å². The van der Waals surface area contributed by atoms with Gasteiger partial charge in [-0.15, -0.1) is 0 Å². The van der Waals surface area contributed by atoms with E-state index in [1.54, 1.807) is 48.8 Å². The maximum Gasteiger partial charge on any atom is 0.265 e. The molecule has 0 radical (unpaired) electrons. The number of aromatic nitrogens is 1. The van der Waals surface area contributed by atoms with Gasteiger partial charge in [-0.1, -0.05) is 18.2 Å². The third kappa shape index (κ3) is 4.82. The molecule has 3 rings (SSSR count). The van der Waals surface area contributed by atoms with Gasteiger partial charge in [-0.3, -0.25) is 9.78 Å². The van der Waals surface area contributed by atoms with Crippen molar-refractivity contribution >= 4 is 11.6 Å². The number of methoxy groups -OCH3 is 1. The van der Waals surface area contributed by atoms with Crippen molar-refractivity contribution in [2.45, 2.75) is 6.54 Å². The Morgan fingerprint density at radius 1 is 1.04 bits per heavy atom. The lowest BCUT2D eigenvalue weighted by molar-refractivity contribution is -0.120. The molecule has 5 nitrogen and oxygen atoms in total. The van der Waals surface area contributed by atoms with Crippen LogP contribution in [0, 0.1) is 5.82 Å². The first kappa shape index (κ1) is 18.4. The summed E-state index contributed by atoms with van der Waals surface area (Å²) in [6.45, 7) is 0.117. The highest BCUT2D eigenvalue weighted by molar-refractivity contribution is 5.94. The Morgan fingerprint density at radius 3 is 2.44 bits per heavy atom. The highest BCUT2D eigenvalue weighted by atomic mass is 19.1. The predicted octanol–water partition coefficient (Wildman–Crippen LogP) is 3.84. The highest BCUT2D eigenvalue weighted by Crippen LogP contribution is 2.26. The number of rotatable bonds is 7. The molecule has 1 aromatic heterocycles. The average Bonchev–Trinajstić information content (AvgIpc) is 2.72. The number of carbonyl (C=O) groups excluding carboxylic acids is 1. The van der Waals surface area contributed by atoms with Gasteiger partial charge >= 0.3 is 0 Å². The molecule has 0 fully saturated rings. The van der Waals surface area contributed by atoms with Gasteiger partial charge in [-0.2, -0.15) is 0 Å². The van der Waals surface area contributed by atoms with Crippen LogP contribution in [0.1, 0.15) is 5.56 Å². The van der Waals surface area contributed by atoms with E-state index in [0.29, 0.717) is 23.7 Å². The molecule has 0 saturated carbocycles. The molecule has 138 valence electrons. The normalized spacial score (nSPS) is 10.3. The van der Waals surface area contributed by atoms with Gasteiger partial charge in [0.1, 0.15) is 5.82 Å². The predicted molar refractivity (Wildman–Crippen MR) is 100 cm³/mol. The summed E-state index contributed by atoms with van der Waals surface area (Å²) in [7, 11) is 1.54. The van der Waals surface area contributed by atoms with Gasteiger partial charge < -0.3 is 14.4 Å². The standard InChI is InChI=1S/C21H19FN2O3/c1-26-19-6-2-3-7-20(19)27-15-21(25)24(14-16-5-4-12-23-13-16)18-10-8-17(22)9-11-18/h2-13H,14-15H2,1H3. The van der Waals surface area contributed by atoms with Crippen molar-refractivity contribution in [1.29, 1.82) is 0 Å². The van der Waals surface area contributed by atoms with E-state index in [1.165, 1.54) is 24.1 Å². The molecule has 1 amide bonds. The van der Waals surface area contributed by atoms with Crippen molar-refractivity contribution in [3.8, 4) is 11.5 Å². The van der Waals surface area contributed by atoms with E-state index in [0.717, 1.165) is 5.56 Å². The molecular formula is C21H19FN2O3. The second-order valence-corrected chi connectivity index (χ2v) is 5.76. The zero-order valence-electron chi connectivity index (χ0n) is 14.8. The molecule has 0 aliphatic heterocycles. The van der Waals surface area contributed by atoms with Crippen molar-refractivity contribution < 1.29 is 18.7 Å². The number of para-hydroxylation sites is 2. The van der Waals surface area contributed by atoms with E-state index in [9.17, 15) is 9.18 Å². The molecule has 3 aromatic rings. The van der Waals surface area contributed by atoms with Crippen molar-refractivity contribution in [2.24, 2.45) is 0 Å². The summed E-state index contributed by atoms with van der Waals surface area (Å²) < 4.78 is 24.2. The lowest BCUT2D eigenvalue weighted by Gasteiger charge is -2.23. The number of ether oxygens (including phenoxy) is 2. The average molecular weight is 366 g/mol. The van der Waals surface area contributed by atoms with Crippen LogP contribution in [0.5, 0.6) is 11.5 Å². The molecule has 0 saturated heterocycles. The lowest BCUT2D eigenvalue weighted by Crippen LogP contribution is -2.34. The number of pyridine rings is 1. The second-order valence-electron chi connectivity index (χ2n) is 5.76. The monoisotopic (exact) mass is 366 g/mol. The van der Waals surface area contributed by atoms with Gasteiger partial charge in [-0.05, 0) is 48.0 Å². The van der Waals surface area contributed by atoms with E-state index < -0.39 is 0 Å². The number of amides is 1. The van der Waals surface area contributed by atoms with Crippen LogP contribution in [0.4, 0.5) is 10.1 Å². The molecule has 2 aromatic carbocycles. The molecule has 0 aliphatic rings. The molecule has 0 unspecified atom stereocenters.